The molecule has 0 aliphatic carbocycles. The predicted molar refractivity (Wildman–Crippen MR) is 92.2 cm³/mol. The minimum Gasteiger partial charge on any atom is -0.318 e. The van der Waals surface area contributed by atoms with Crippen LogP contribution < -0.4 is 11.1 Å². The van der Waals surface area contributed by atoms with Crippen LogP contribution in [-0.2, 0) is 11.2 Å². The molecule has 2 rings (SSSR count). The zero-order valence-electron chi connectivity index (χ0n) is 13.6. The molecule has 2 aromatic rings. The fourth-order valence-electron chi connectivity index (χ4n) is 2.27. The second kappa shape index (κ2) is 7.19. The van der Waals surface area contributed by atoms with Gasteiger partial charge in [0.05, 0.1) is 5.54 Å². The molecule has 4 nitrogen and oxygen atoms in total. The molecule has 1 atom stereocenters. The number of carbonyl (C=O) groups is 1. The average molecular weight is 335 g/mol. The van der Waals surface area contributed by atoms with E-state index in [1.165, 1.54) is 17.4 Å². The summed E-state index contributed by atoms with van der Waals surface area (Å²) in [5, 5.41) is 3.28. The molecule has 0 saturated heterocycles. The highest BCUT2D eigenvalue weighted by Crippen LogP contribution is 2.23. The van der Waals surface area contributed by atoms with Crippen molar-refractivity contribution in [2.75, 3.05) is 5.32 Å². The molecule has 0 aliphatic rings. The number of hydrogen-bond donors (Lipinski definition) is 2. The standard InChI is InChI=1S/C17H22FN3OS/c1-4-7-17(3,19)15(22)21-16-20-10-13(23-16)8-12-6-5-11(2)14(18)9-12/h5-6,9-10H,4,7-8,19H2,1-3H3,(H,20,21,22). The second-order valence-electron chi connectivity index (χ2n) is 6.01. The zero-order valence-corrected chi connectivity index (χ0v) is 14.5. The van der Waals surface area contributed by atoms with Gasteiger partial charge in [-0.15, -0.1) is 11.3 Å². The molecule has 1 amide bonds. The second-order valence-corrected chi connectivity index (χ2v) is 7.13. The van der Waals surface area contributed by atoms with Crippen molar-refractivity contribution in [1.29, 1.82) is 0 Å². The number of amides is 1. The summed E-state index contributed by atoms with van der Waals surface area (Å²) in [7, 11) is 0. The Hall–Kier alpha value is -1.79. The fourth-order valence-corrected chi connectivity index (χ4v) is 3.11. The first-order valence-corrected chi connectivity index (χ1v) is 8.43. The van der Waals surface area contributed by atoms with Crippen molar-refractivity contribution in [2.24, 2.45) is 5.73 Å². The molecule has 0 fully saturated rings. The van der Waals surface area contributed by atoms with Gasteiger partial charge in [0.2, 0.25) is 5.91 Å². The number of halogens is 1. The first-order valence-electron chi connectivity index (χ1n) is 7.62. The lowest BCUT2D eigenvalue weighted by Gasteiger charge is -2.21. The molecule has 3 N–H and O–H groups in total. The summed E-state index contributed by atoms with van der Waals surface area (Å²) in [6.07, 6.45) is 3.73. The maximum absolute atomic E-state index is 13.6. The highest BCUT2D eigenvalue weighted by molar-refractivity contribution is 7.15. The van der Waals surface area contributed by atoms with Crippen LogP contribution in [0.5, 0.6) is 0 Å². The van der Waals surface area contributed by atoms with Gasteiger partial charge >= 0.3 is 0 Å². The van der Waals surface area contributed by atoms with Crippen LogP contribution in [0.4, 0.5) is 9.52 Å². The number of nitrogens with one attached hydrogen (secondary N) is 1. The van der Waals surface area contributed by atoms with E-state index in [0.29, 0.717) is 23.5 Å². The van der Waals surface area contributed by atoms with Gasteiger partial charge in [0.25, 0.3) is 0 Å². The Bertz CT molecular complexity index is 697. The lowest BCUT2D eigenvalue weighted by Crippen LogP contribution is -2.48. The van der Waals surface area contributed by atoms with Crippen molar-refractivity contribution in [3.63, 3.8) is 0 Å². The summed E-state index contributed by atoms with van der Waals surface area (Å²) in [5.41, 5.74) is 6.61. The maximum Gasteiger partial charge on any atom is 0.245 e. The number of rotatable bonds is 6. The Morgan fingerprint density at radius 2 is 2.22 bits per heavy atom. The van der Waals surface area contributed by atoms with Gasteiger partial charge in [-0.3, -0.25) is 4.79 Å². The van der Waals surface area contributed by atoms with Crippen LogP contribution in [0.25, 0.3) is 0 Å². The number of carbonyl (C=O) groups excluding carboxylic acids is 1. The molecule has 0 saturated carbocycles. The van der Waals surface area contributed by atoms with E-state index in [9.17, 15) is 9.18 Å². The third-order valence-electron chi connectivity index (χ3n) is 3.68. The number of benzene rings is 1. The van der Waals surface area contributed by atoms with E-state index in [1.54, 1.807) is 26.1 Å². The summed E-state index contributed by atoms with van der Waals surface area (Å²) >= 11 is 1.38. The third kappa shape index (κ3) is 4.59. The number of thiazole rings is 1. The molecule has 1 heterocycles. The number of nitrogens with zero attached hydrogens (tertiary/aromatic N) is 1. The van der Waals surface area contributed by atoms with E-state index in [-0.39, 0.29) is 11.7 Å². The molecule has 124 valence electrons. The molecular weight excluding hydrogens is 313 g/mol. The quantitative estimate of drug-likeness (QED) is 0.847. The summed E-state index contributed by atoms with van der Waals surface area (Å²) in [6, 6.07) is 5.19. The van der Waals surface area contributed by atoms with Crippen molar-refractivity contribution in [3.8, 4) is 0 Å². The van der Waals surface area contributed by atoms with Crippen LogP contribution >= 0.6 is 11.3 Å². The molecule has 6 heteroatoms. The monoisotopic (exact) mass is 335 g/mol. The van der Waals surface area contributed by atoms with Crippen molar-refractivity contribution in [2.45, 2.75) is 45.6 Å². The zero-order chi connectivity index (χ0) is 17.0. The van der Waals surface area contributed by atoms with E-state index < -0.39 is 5.54 Å². The van der Waals surface area contributed by atoms with Gasteiger partial charge in [0.1, 0.15) is 5.82 Å². The lowest BCUT2D eigenvalue weighted by molar-refractivity contribution is -0.120. The lowest BCUT2D eigenvalue weighted by atomic mass is 9.97. The van der Waals surface area contributed by atoms with Crippen LogP contribution in [0, 0.1) is 12.7 Å². The Balaban J connectivity index is 2.03. The number of nitrogens with two attached hydrogens (primary N) is 1. The number of aromatic nitrogens is 1. The smallest absolute Gasteiger partial charge is 0.245 e. The first kappa shape index (κ1) is 17.6. The summed E-state index contributed by atoms with van der Waals surface area (Å²) in [6.45, 7) is 5.44. The van der Waals surface area contributed by atoms with E-state index in [0.717, 1.165) is 16.9 Å². The molecular formula is C17H22FN3OS. The van der Waals surface area contributed by atoms with Crippen molar-refractivity contribution >= 4 is 22.4 Å². The van der Waals surface area contributed by atoms with Crippen molar-refractivity contribution in [3.05, 3.63) is 46.2 Å². The minimum absolute atomic E-state index is 0.209. The van der Waals surface area contributed by atoms with Crippen LogP contribution in [0.1, 0.15) is 42.7 Å². The van der Waals surface area contributed by atoms with Crippen molar-refractivity contribution < 1.29 is 9.18 Å². The van der Waals surface area contributed by atoms with Gasteiger partial charge in [-0.05, 0) is 37.5 Å². The molecule has 0 radical (unpaired) electrons. The largest absolute Gasteiger partial charge is 0.318 e. The van der Waals surface area contributed by atoms with E-state index in [1.807, 2.05) is 13.0 Å². The van der Waals surface area contributed by atoms with Gasteiger partial charge in [0.15, 0.2) is 5.13 Å². The third-order valence-corrected chi connectivity index (χ3v) is 4.59. The van der Waals surface area contributed by atoms with E-state index >= 15 is 0 Å². The van der Waals surface area contributed by atoms with E-state index in [2.05, 4.69) is 10.3 Å². The van der Waals surface area contributed by atoms with Crippen LogP contribution in [0.2, 0.25) is 0 Å². The number of hydrogen-bond acceptors (Lipinski definition) is 4. The summed E-state index contributed by atoms with van der Waals surface area (Å²) < 4.78 is 13.6. The highest BCUT2D eigenvalue weighted by atomic mass is 32.1. The minimum atomic E-state index is -0.902. The van der Waals surface area contributed by atoms with Crippen LogP contribution in [0.15, 0.2) is 24.4 Å². The van der Waals surface area contributed by atoms with Gasteiger partial charge < -0.3 is 11.1 Å². The van der Waals surface area contributed by atoms with E-state index in [4.69, 9.17) is 5.73 Å². The van der Waals surface area contributed by atoms with Gasteiger partial charge in [-0.25, -0.2) is 9.37 Å². The molecule has 0 bridgehead atoms. The highest BCUT2D eigenvalue weighted by Gasteiger charge is 2.27. The Kier molecular flexibility index (Phi) is 5.49. The molecule has 1 aromatic carbocycles. The van der Waals surface area contributed by atoms with Crippen molar-refractivity contribution in [1.82, 2.24) is 4.98 Å². The maximum atomic E-state index is 13.6. The number of aryl methyl sites for hydroxylation is 1. The summed E-state index contributed by atoms with van der Waals surface area (Å²) in [4.78, 5) is 17.3. The van der Waals surface area contributed by atoms with Crippen LogP contribution in [-0.4, -0.2) is 16.4 Å². The first-order chi connectivity index (χ1) is 10.8. The molecule has 1 unspecified atom stereocenters. The molecule has 1 aromatic heterocycles. The summed E-state index contributed by atoms with van der Waals surface area (Å²) in [5.74, 6) is -0.444. The average Bonchev–Trinajstić information content (AvgIpc) is 2.90. The predicted octanol–water partition coefficient (Wildman–Crippen LogP) is 3.64. The number of anilines is 1. The molecule has 0 spiro atoms. The molecule has 23 heavy (non-hydrogen) atoms. The van der Waals surface area contributed by atoms with Crippen LogP contribution in [0.3, 0.4) is 0 Å². The van der Waals surface area contributed by atoms with Gasteiger partial charge in [0, 0.05) is 17.5 Å². The van der Waals surface area contributed by atoms with Gasteiger partial charge in [-0.1, -0.05) is 25.5 Å². The SMILES string of the molecule is CCCC(C)(N)C(=O)Nc1ncc(Cc2ccc(C)c(F)c2)s1. The normalized spacial score (nSPS) is 13.6. The Morgan fingerprint density at radius 1 is 1.48 bits per heavy atom. The fraction of sp³-hybridized carbons (Fsp3) is 0.412. The Labute approximate surface area is 139 Å². The molecule has 0 aliphatic heterocycles. The topological polar surface area (TPSA) is 68.0 Å². The van der Waals surface area contributed by atoms with Gasteiger partial charge in [-0.2, -0.15) is 0 Å². The Morgan fingerprint density at radius 3 is 2.87 bits per heavy atom.